The first kappa shape index (κ1) is 7.78. The summed E-state index contributed by atoms with van der Waals surface area (Å²) in [4.78, 5) is 0. The van der Waals surface area contributed by atoms with Crippen molar-refractivity contribution in [3.05, 3.63) is 35.1 Å². The van der Waals surface area contributed by atoms with Crippen LogP contribution in [-0.4, -0.2) is 0 Å². The van der Waals surface area contributed by atoms with Crippen LogP contribution in [0.25, 0.3) is 0 Å². The lowest BCUT2D eigenvalue weighted by molar-refractivity contribution is 0.612. The largest absolute Gasteiger partial charge is 0.207 e. The van der Waals surface area contributed by atoms with Crippen molar-refractivity contribution < 1.29 is 4.39 Å². The maximum absolute atomic E-state index is 13.2. The fourth-order valence-corrected chi connectivity index (χ4v) is 2.12. The molecule has 0 saturated heterocycles. The minimum Gasteiger partial charge on any atom is -0.207 e. The average Bonchev–Trinajstić information content (AvgIpc) is 2.49. The van der Waals surface area contributed by atoms with E-state index in [1.165, 1.54) is 5.56 Å². The van der Waals surface area contributed by atoms with E-state index in [1.807, 2.05) is 6.07 Å². The topological polar surface area (TPSA) is 0 Å². The van der Waals surface area contributed by atoms with Crippen molar-refractivity contribution in [2.45, 2.75) is 32.1 Å². The molecule has 0 radical (unpaired) electrons. The van der Waals surface area contributed by atoms with Crippen LogP contribution >= 0.6 is 0 Å². The second kappa shape index (κ2) is 2.89. The molecule has 0 spiro atoms. The molecule has 0 nitrogen and oxygen atoms in total. The monoisotopic (exact) mass is 164 g/mol. The molecule has 2 rings (SSSR count). The summed E-state index contributed by atoms with van der Waals surface area (Å²) in [5.74, 6) is 0.596. The van der Waals surface area contributed by atoms with Crippen molar-refractivity contribution in [1.29, 1.82) is 0 Å². The number of halogens is 1. The highest BCUT2D eigenvalue weighted by molar-refractivity contribution is 5.35. The lowest BCUT2D eigenvalue weighted by Gasteiger charge is -2.07. The van der Waals surface area contributed by atoms with Gasteiger partial charge in [-0.2, -0.15) is 0 Å². The van der Waals surface area contributed by atoms with E-state index in [0.29, 0.717) is 5.92 Å². The van der Waals surface area contributed by atoms with Gasteiger partial charge in [0.15, 0.2) is 0 Å². The minimum atomic E-state index is -0.0107. The molecule has 0 N–H and O–H groups in total. The Bertz CT molecular complexity index is 291. The molecular weight excluding hydrogens is 151 g/mol. The minimum absolute atomic E-state index is 0.0107. The molecule has 64 valence electrons. The van der Waals surface area contributed by atoms with Crippen LogP contribution in [0.2, 0.25) is 0 Å². The fourth-order valence-electron chi connectivity index (χ4n) is 2.12. The van der Waals surface area contributed by atoms with Crippen LogP contribution in [0.3, 0.4) is 0 Å². The van der Waals surface area contributed by atoms with Gasteiger partial charge in [0.25, 0.3) is 0 Å². The highest BCUT2D eigenvalue weighted by Crippen LogP contribution is 2.36. The van der Waals surface area contributed by atoms with Gasteiger partial charge >= 0.3 is 0 Å². The second-order valence-corrected chi connectivity index (χ2v) is 3.45. The number of benzene rings is 1. The fraction of sp³-hybridized carbons (Fsp3) is 0.455. The van der Waals surface area contributed by atoms with Gasteiger partial charge in [-0.1, -0.05) is 19.1 Å². The van der Waals surface area contributed by atoms with Gasteiger partial charge in [-0.25, -0.2) is 4.39 Å². The Kier molecular flexibility index (Phi) is 1.87. The maximum Gasteiger partial charge on any atom is 0.126 e. The van der Waals surface area contributed by atoms with E-state index in [9.17, 15) is 4.39 Å². The quantitative estimate of drug-likeness (QED) is 0.597. The second-order valence-electron chi connectivity index (χ2n) is 3.45. The van der Waals surface area contributed by atoms with Crippen molar-refractivity contribution in [2.24, 2.45) is 0 Å². The summed E-state index contributed by atoms with van der Waals surface area (Å²) in [6.45, 7) is 2.17. The zero-order chi connectivity index (χ0) is 8.55. The molecule has 1 aromatic rings. The molecule has 1 aliphatic carbocycles. The molecule has 0 amide bonds. The molecule has 0 bridgehead atoms. The van der Waals surface area contributed by atoms with Crippen LogP contribution < -0.4 is 0 Å². The summed E-state index contributed by atoms with van der Waals surface area (Å²) >= 11 is 0. The summed E-state index contributed by atoms with van der Waals surface area (Å²) in [6, 6.07) is 5.46. The average molecular weight is 164 g/mol. The van der Waals surface area contributed by atoms with Crippen LogP contribution in [0.1, 0.15) is 36.8 Å². The van der Waals surface area contributed by atoms with Crippen LogP contribution in [-0.2, 0) is 6.42 Å². The highest BCUT2D eigenvalue weighted by atomic mass is 19.1. The summed E-state index contributed by atoms with van der Waals surface area (Å²) in [5, 5.41) is 0. The SMILES string of the molecule is CCC1CCc2c(F)cccc21. The summed E-state index contributed by atoms with van der Waals surface area (Å²) < 4.78 is 13.2. The zero-order valence-corrected chi connectivity index (χ0v) is 7.31. The normalized spacial score (nSPS) is 21.0. The van der Waals surface area contributed by atoms with Gasteiger partial charge in [0.1, 0.15) is 5.82 Å². The van der Waals surface area contributed by atoms with Gasteiger partial charge in [-0.15, -0.1) is 0 Å². The summed E-state index contributed by atoms with van der Waals surface area (Å²) in [7, 11) is 0. The highest BCUT2D eigenvalue weighted by Gasteiger charge is 2.22. The first-order valence-corrected chi connectivity index (χ1v) is 4.60. The van der Waals surface area contributed by atoms with Crippen LogP contribution in [0, 0.1) is 5.82 Å². The van der Waals surface area contributed by atoms with Gasteiger partial charge in [0.2, 0.25) is 0 Å². The molecule has 1 heteroatoms. The molecule has 1 aliphatic rings. The van der Waals surface area contributed by atoms with E-state index < -0.39 is 0 Å². The van der Waals surface area contributed by atoms with Crippen LogP contribution in [0.5, 0.6) is 0 Å². The predicted octanol–water partition coefficient (Wildman–Crippen LogP) is 3.27. The van der Waals surface area contributed by atoms with Crippen molar-refractivity contribution >= 4 is 0 Å². The Morgan fingerprint density at radius 3 is 3.08 bits per heavy atom. The number of fused-ring (bicyclic) bond motifs is 1. The molecule has 1 aromatic carbocycles. The van der Waals surface area contributed by atoms with E-state index in [0.717, 1.165) is 24.8 Å². The summed E-state index contributed by atoms with van der Waals surface area (Å²) in [6.07, 6.45) is 3.20. The molecule has 0 aliphatic heterocycles. The molecule has 12 heavy (non-hydrogen) atoms. The smallest absolute Gasteiger partial charge is 0.126 e. The van der Waals surface area contributed by atoms with Gasteiger partial charge < -0.3 is 0 Å². The number of rotatable bonds is 1. The first-order chi connectivity index (χ1) is 5.83. The Morgan fingerprint density at radius 2 is 2.33 bits per heavy atom. The Morgan fingerprint density at radius 1 is 1.50 bits per heavy atom. The van der Waals surface area contributed by atoms with Gasteiger partial charge in [0, 0.05) is 0 Å². The third-order valence-corrected chi connectivity index (χ3v) is 2.83. The third-order valence-electron chi connectivity index (χ3n) is 2.83. The van der Waals surface area contributed by atoms with Crippen LogP contribution in [0.15, 0.2) is 18.2 Å². The predicted molar refractivity (Wildman–Crippen MR) is 47.8 cm³/mol. The number of hydrogen-bond donors (Lipinski definition) is 0. The summed E-state index contributed by atoms with van der Waals surface area (Å²) in [5.41, 5.74) is 2.21. The van der Waals surface area contributed by atoms with Crippen molar-refractivity contribution in [3.63, 3.8) is 0 Å². The zero-order valence-electron chi connectivity index (χ0n) is 7.31. The van der Waals surface area contributed by atoms with Crippen LogP contribution in [0.4, 0.5) is 4.39 Å². The van der Waals surface area contributed by atoms with Crippen molar-refractivity contribution in [3.8, 4) is 0 Å². The molecular formula is C11H13F. The number of hydrogen-bond acceptors (Lipinski definition) is 0. The van der Waals surface area contributed by atoms with E-state index in [1.54, 1.807) is 6.07 Å². The standard InChI is InChI=1S/C11H13F/c1-2-8-6-7-10-9(8)4-3-5-11(10)12/h3-5,8H,2,6-7H2,1H3. The van der Waals surface area contributed by atoms with E-state index in [4.69, 9.17) is 0 Å². The third kappa shape index (κ3) is 1.04. The van der Waals surface area contributed by atoms with Gasteiger partial charge in [-0.3, -0.25) is 0 Å². The van der Waals surface area contributed by atoms with E-state index in [-0.39, 0.29) is 5.82 Å². The Labute approximate surface area is 72.4 Å². The molecule has 0 saturated carbocycles. The lowest BCUT2D eigenvalue weighted by Crippen LogP contribution is -1.91. The Balaban J connectivity index is 2.46. The molecule has 1 unspecified atom stereocenters. The van der Waals surface area contributed by atoms with E-state index >= 15 is 0 Å². The molecule has 1 atom stereocenters. The molecule has 0 fully saturated rings. The van der Waals surface area contributed by atoms with Gasteiger partial charge in [0.05, 0.1) is 0 Å². The molecule has 0 aromatic heterocycles. The van der Waals surface area contributed by atoms with Crippen molar-refractivity contribution in [2.75, 3.05) is 0 Å². The van der Waals surface area contributed by atoms with Crippen molar-refractivity contribution in [1.82, 2.24) is 0 Å². The van der Waals surface area contributed by atoms with E-state index in [2.05, 4.69) is 13.0 Å². The maximum atomic E-state index is 13.2. The Hall–Kier alpha value is -0.850. The molecule has 0 heterocycles. The van der Waals surface area contributed by atoms with Gasteiger partial charge in [-0.05, 0) is 42.4 Å². The lowest BCUT2D eigenvalue weighted by atomic mass is 9.99. The first-order valence-electron chi connectivity index (χ1n) is 4.60.